The van der Waals surface area contributed by atoms with E-state index < -0.39 is 17.7 Å². The molecule has 1 amide bonds. The molecule has 40 heavy (non-hydrogen) atoms. The van der Waals surface area contributed by atoms with E-state index in [-0.39, 0.29) is 24.0 Å². The van der Waals surface area contributed by atoms with Crippen LogP contribution in [0.1, 0.15) is 67.1 Å². The fourth-order valence-electron chi connectivity index (χ4n) is 5.34. The van der Waals surface area contributed by atoms with Gasteiger partial charge in [0.05, 0.1) is 17.7 Å². The van der Waals surface area contributed by atoms with Crippen LogP contribution in [0, 0.1) is 20.8 Å². The Morgan fingerprint density at radius 2 is 1.60 bits per heavy atom. The number of benzene rings is 3. The predicted octanol–water partition coefficient (Wildman–Crippen LogP) is 6.87. The van der Waals surface area contributed by atoms with E-state index in [0.29, 0.717) is 11.3 Å². The summed E-state index contributed by atoms with van der Waals surface area (Å²) >= 11 is 0. The molecule has 0 spiro atoms. The standard InChI is InChI=1S/C34H40N2O4/c1-8-35(9-2)28-15-12-25(13-16-28)31-30(32(37)26-14-17-29(24(7)19-26)40-21(3)4)33(38)34(39)36(31)20-27-18-22(5)10-11-23(27)6/h10-19,21,31,37H,8-9,20H2,1-7H3/b32-30-. The highest BCUT2D eigenvalue weighted by Crippen LogP contribution is 2.41. The maximum absolute atomic E-state index is 13.6. The van der Waals surface area contributed by atoms with Crippen LogP contribution in [-0.2, 0) is 16.1 Å². The summed E-state index contributed by atoms with van der Waals surface area (Å²) in [4.78, 5) is 31.0. The van der Waals surface area contributed by atoms with Crippen molar-refractivity contribution >= 4 is 23.1 Å². The summed E-state index contributed by atoms with van der Waals surface area (Å²) in [6.07, 6.45) is 0.00728. The first-order chi connectivity index (χ1) is 19.0. The number of ether oxygens (including phenoxy) is 1. The third-order valence-corrected chi connectivity index (χ3v) is 7.53. The zero-order chi connectivity index (χ0) is 29.1. The van der Waals surface area contributed by atoms with E-state index >= 15 is 0 Å². The molecule has 1 aliphatic rings. The molecule has 0 aromatic heterocycles. The number of carbonyl (C=O) groups is 2. The molecule has 0 saturated carbocycles. The molecule has 1 aliphatic heterocycles. The third-order valence-electron chi connectivity index (χ3n) is 7.53. The van der Waals surface area contributed by atoms with Gasteiger partial charge in [-0.2, -0.15) is 0 Å². The number of aliphatic hydroxyl groups excluding tert-OH is 1. The van der Waals surface area contributed by atoms with Gasteiger partial charge in [0.1, 0.15) is 11.5 Å². The molecular weight excluding hydrogens is 500 g/mol. The maximum atomic E-state index is 13.6. The van der Waals surface area contributed by atoms with Crippen LogP contribution >= 0.6 is 0 Å². The molecule has 1 heterocycles. The summed E-state index contributed by atoms with van der Waals surface area (Å²) in [5, 5.41) is 11.6. The smallest absolute Gasteiger partial charge is 0.295 e. The minimum absolute atomic E-state index is 0.00728. The molecule has 4 rings (SSSR count). The predicted molar refractivity (Wildman–Crippen MR) is 161 cm³/mol. The summed E-state index contributed by atoms with van der Waals surface area (Å²) in [6, 6.07) is 18.7. The van der Waals surface area contributed by atoms with Crippen LogP contribution in [0.3, 0.4) is 0 Å². The molecule has 0 bridgehead atoms. The summed E-state index contributed by atoms with van der Waals surface area (Å²) < 4.78 is 5.86. The lowest BCUT2D eigenvalue weighted by Crippen LogP contribution is -2.29. The number of ketones is 1. The normalized spacial score (nSPS) is 16.6. The number of rotatable bonds is 9. The second-order valence-corrected chi connectivity index (χ2v) is 10.8. The van der Waals surface area contributed by atoms with Crippen molar-refractivity contribution in [3.05, 3.63) is 99.6 Å². The Morgan fingerprint density at radius 3 is 2.20 bits per heavy atom. The maximum Gasteiger partial charge on any atom is 0.295 e. The molecule has 1 unspecified atom stereocenters. The summed E-state index contributed by atoms with van der Waals surface area (Å²) in [6.45, 7) is 16.0. The number of aliphatic hydroxyl groups is 1. The molecule has 3 aromatic carbocycles. The van der Waals surface area contributed by atoms with Crippen LogP contribution in [-0.4, -0.2) is 40.9 Å². The van der Waals surface area contributed by atoms with Crippen LogP contribution < -0.4 is 9.64 Å². The van der Waals surface area contributed by atoms with Gasteiger partial charge in [-0.3, -0.25) is 9.59 Å². The second kappa shape index (κ2) is 12.0. The topological polar surface area (TPSA) is 70.1 Å². The number of carbonyl (C=O) groups excluding carboxylic acids is 2. The molecule has 0 aliphatic carbocycles. The van der Waals surface area contributed by atoms with E-state index in [1.54, 1.807) is 23.1 Å². The van der Waals surface area contributed by atoms with Crippen LogP contribution in [0.5, 0.6) is 5.75 Å². The molecule has 210 valence electrons. The molecular formula is C34H40N2O4. The largest absolute Gasteiger partial charge is 0.507 e. The highest BCUT2D eigenvalue weighted by atomic mass is 16.5. The first-order valence-electron chi connectivity index (χ1n) is 14.0. The van der Waals surface area contributed by atoms with Gasteiger partial charge in [0.2, 0.25) is 0 Å². The Hall–Kier alpha value is -4.06. The second-order valence-electron chi connectivity index (χ2n) is 10.8. The molecule has 1 atom stereocenters. The minimum Gasteiger partial charge on any atom is -0.507 e. The van der Waals surface area contributed by atoms with E-state index in [9.17, 15) is 14.7 Å². The first kappa shape index (κ1) is 28.9. The van der Waals surface area contributed by atoms with Crippen molar-refractivity contribution in [2.24, 2.45) is 0 Å². The Labute approximate surface area is 237 Å². The van der Waals surface area contributed by atoms with Crippen molar-refractivity contribution in [1.29, 1.82) is 0 Å². The van der Waals surface area contributed by atoms with Crippen LogP contribution in [0.25, 0.3) is 5.76 Å². The van der Waals surface area contributed by atoms with Crippen molar-refractivity contribution in [3.63, 3.8) is 0 Å². The molecule has 6 heteroatoms. The number of nitrogens with zero attached hydrogens (tertiary/aromatic N) is 2. The minimum atomic E-state index is -0.724. The zero-order valence-corrected chi connectivity index (χ0v) is 24.6. The summed E-state index contributed by atoms with van der Waals surface area (Å²) in [5.41, 5.74) is 6.34. The Bertz CT molecular complexity index is 1430. The van der Waals surface area contributed by atoms with E-state index in [4.69, 9.17) is 4.74 Å². The van der Waals surface area contributed by atoms with E-state index in [1.165, 1.54) is 0 Å². The van der Waals surface area contributed by atoms with Gasteiger partial charge in [0, 0.05) is 30.9 Å². The van der Waals surface area contributed by atoms with Crippen LogP contribution in [0.2, 0.25) is 0 Å². The summed E-state index contributed by atoms with van der Waals surface area (Å²) in [7, 11) is 0. The van der Waals surface area contributed by atoms with E-state index in [0.717, 1.165) is 46.6 Å². The van der Waals surface area contributed by atoms with Crippen molar-refractivity contribution in [1.82, 2.24) is 4.90 Å². The van der Waals surface area contributed by atoms with Gasteiger partial charge in [-0.1, -0.05) is 35.9 Å². The van der Waals surface area contributed by atoms with E-state index in [1.807, 2.05) is 77.1 Å². The SMILES string of the molecule is CCN(CC)c1ccc(C2/C(=C(/O)c3ccc(OC(C)C)c(C)c3)C(=O)C(=O)N2Cc2cc(C)ccc2C)cc1. The molecule has 3 aromatic rings. The van der Waals surface area contributed by atoms with Crippen molar-refractivity contribution in [2.45, 2.75) is 67.2 Å². The number of aryl methyl sites for hydroxylation is 3. The highest BCUT2D eigenvalue weighted by molar-refractivity contribution is 6.46. The van der Waals surface area contributed by atoms with Crippen molar-refractivity contribution in [2.75, 3.05) is 18.0 Å². The lowest BCUT2D eigenvalue weighted by molar-refractivity contribution is -0.140. The molecule has 1 fully saturated rings. The number of likely N-dealkylation sites (tertiary alicyclic amines) is 1. The lowest BCUT2D eigenvalue weighted by Gasteiger charge is -2.27. The Morgan fingerprint density at radius 1 is 0.925 bits per heavy atom. The molecule has 6 nitrogen and oxygen atoms in total. The quantitative estimate of drug-likeness (QED) is 0.182. The van der Waals surface area contributed by atoms with Crippen molar-refractivity contribution < 1.29 is 19.4 Å². The lowest BCUT2D eigenvalue weighted by atomic mass is 9.94. The fraction of sp³-hybridized carbons (Fsp3) is 0.353. The Balaban J connectivity index is 1.85. The van der Waals surface area contributed by atoms with Crippen molar-refractivity contribution in [3.8, 4) is 5.75 Å². The van der Waals surface area contributed by atoms with Gasteiger partial charge in [0.15, 0.2) is 0 Å². The fourth-order valence-corrected chi connectivity index (χ4v) is 5.34. The molecule has 1 N–H and O–H groups in total. The Kier molecular flexibility index (Phi) is 8.67. The van der Waals surface area contributed by atoms with Gasteiger partial charge < -0.3 is 19.6 Å². The van der Waals surface area contributed by atoms with Gasteiger partial charge in [-0.25, -0.2) is 0 Å². The van der Waals surface area contributed by atoms with Gasteiger partial charge in [-0.05, 0) is 101 Å². The molecule has 1 saturated heterocycles. The van der Waals surface area contributed by atoms with Crippen LogP contribution in [0.15, 0.2) is 66.2 Å². The van der Waals surface area contributed by atoms with Crippen LogP contribution in [0.4, 0.5) is 5.69 Å². The molecule has 0 radical (unpaired) electrons. The number of Topliss-reactive ketones (excluding diaryl/α,β-unsaturated/α-hetero) is 1. The number of hydrogen-bond donors (Lipinski definition) is 1. The zero-order valence-electron chi connectivity index (χ0n) is 24.6. The highest BCUT2D eigenvalue weighted by Gasteiger charge is 2.46. The third kappa shape index (κ3) is 5.76. The first-order valence-corrected chi connectivity index (χ1v) is 14.0. The average Bonchev–Trinajstić information content (AvgIpc) is 3.17. The van der Waals surface area contributed by atoms with Gasteiger partial charge >= 0.3 is 0 Å². The van der Waals surface area contributed by atoms with E-state index in [2.05, 4.69) is 18.7 Å². The number of anilines is 1. The van der Waals surface area contributed by atoms with Gasteiger partial charge in [-0.15, -0.1) is 0 Å². The number of hydrogen-bond acceptors (Lipinski definition) is 5. The number of amides is 1. The monoisotopic (exact) mass is 540 g/mol. The van der Waals surface area contributed by atoms with Gasteiger partial charge in [0.25, 0.3) is 11.7 Å². The average molecular weight is 541 g/mol. The summed E-state index contributed by atoms with van der Waals surface area (Å²) in [5.74, 6) is -0.762.